The van der Waals surface area contributed by atoms with E-state index in [1.54, 1.807) is 0 Å². The van der Waals surface area contributed by atoms with Crippen molar-refractivity contribution >= 4 is 27.6 Å². The maximum absolute atomic E-state index is 6.03. The van der Waals surface area contributed by atoms with Crippen molar-refractivity contribution < 1.29 is 9.47 Å². The molecule has 2 fully saturated rings. The van der Waals surface area contributed by atoms with Crippen molar-refractivity contribution in [3.8, 4) is 22.6 Å². The first-order valence-corrected chi connectivity index (χ1v) is 12.3. The third kappa shape index (κ3) is 3.62. The van der Waals surface area contributed by atoms with E-state index in [-0.39, 0.29) is 12.3 Å². The molecule has 4 aromatic heterocycles. The average Bonchev–Trinajstić information content (AvgIpc) is 3.58. The Morgan fingerprint density at radius 1 is 1.09 bits per heavy atom. The minimum atomic E-state index is -0.0560. The number of pyridine rings is 1. The molecule has 2 saturated heterocycles. The van der Waals surface area contributed by atoms with Crippen LogP contribution in [0.3, 0.4) is 0 Å². The molecule has 33 heavy (non-hydrogen) atoms. The lowest BCUT2D eigenvalue weighted by atomic mass is 10.1. The molecule has 10 heteroatoms. The molecule has 9 nitrogen and oxygen atoms in total. The first kappa shape index (κ1) is 20.8. The second kappa shape index (κ2) is 8.51. The summed E-state index contributed by atoms with van der Waals surface area (Å²) in [5, 5.41) is 9.01. The third-order valence-corrected chi connectivity index (χ3v) is 7.38. The van der Waals surface area contributed by atoms with Crippen LogP contribution in [-0.2, 0) is 16.5 Å². The highest BCUT2D eigenvalue weighted by Gasteiger charge is 2.27. The molecule has 0 N–H and O–H groups in total. The van der Waals surface area contributed by atoms with E-state index in [9.17, 15) is 0 Å². The van der Waals surface area contributed by atoms with E-state index in [1.807, 2.05) is 40.9 Å². The quantitative estimate of drug-likeness (QED) is 0.452. The number of anilines is 1. The van der Waals surface area contributed by atoms with Crippen molar-refractivity contribution in [1.82, 2.24) is 28.9 Å². The molecular formula is C23H27N7O2S. The lowest BCUT2D eigenvalue weighted by molar-refractivity contribution is -0.0383. The Hall–Kier alpha value is -2.82. The zero-order valence-corrected chi connectivity index (χ0v) is 19.7. The van der Waals surface area contributed by atoms with Gasteiger partial charge in [0, 0.05) is 38.2 Å². The summed E-state index contributed by atoms with van der Waals surface area (Å²) in [5.41, 5.74) is 4.84. The monoisotopic (exact) mass is 465 g/mol. The summed E-state index contributed by atoms with van der Waals surface area (Å²) in [4.78, 5) is 7.48. The van der Waals surface area contributed by atoms with Crippen molar-refractivity contribution in [2.45, 2.75) is 38.5 Å². The van der Waals surface area contributed by atoms with Crippen LogP contribution in [0, 0.1) is 0 Å². The van der Waals surface area contributed by atoms with E-state index < -0.39 is 0 Å². The fourth-order valence-corrected chi connectivity index (χ4v) is 5.62. The molecule has 0 amide bonds. The van der Waals surface area contributed by atoms with Gasteiger partial charge in [-0.25, -0.2) is 9.67 Å². The van der Waals surface area contributed by atoms with Gasteiger partial charge in [-0.15, -0.1) is 0 Å². The average molecular weight is 466 g/mol. The Labute approximate surface area is 196 Å². The fourth-order valence-electron chi connectivity index (χ4n) is 4.77. The summed E-state index contributed by atoms with van der Waals surface area (Å²) in [5.74, 6) is 0.941. The molecule has 2 aliphatic rings. The summed E-state index contributed by atoms with van der Waals surface area (Å²) in [7, 11) is 1.97. The highest BCUT2D eigenvalue weighted by atomic mass is 32.1. The number of hydrogen-bond donors (Lipinski definition) is 0. The number of hydrogen-bond acceptors (Lipinski definition) is 8. The van der Waals surface area contributed by atoms with Gasteiger partial charge >= 0.3 is 0 Å². The molecule has 0 aromatic carbocycles. The second-order valence-electron chi connectivity index (χ2n) is 8.68. The zero-order chi connectivity index (χ0) is 22.4. The number of fused-ring (bicyclic) bond motifs is 1. The molecule has 172 valence electrons. The van der Waals surface area contributed by atoms with Crippen LogP contribution in [0.1, 0.15) is 32.4 Å². The number of nitrogens with zero attached hydrogens (tertiary/aromatic N) is 7. The molecule has 0 bridgehead atoms. The highest BCUT2D eigenvalue weighted by molar-refractivity contribution is 7.14. The van der Waals surface area contributed by atoms with Crippen molar-refractivity contribution in [2.24, 2.45) is 7.05 Å². The molecule has 6 heterocycles. The molecule has 0 aliphatic carbocycles. The highest BCUT2D eigenvalue weighted by Crippen LogP contribution is 2.40. The lowest BCUT2D eigenvalue weighted by Crippen LogP contribution is -2.44. The second-order valence-corrected chi connectivity index (χ2v) is 9.45. The Bertz CT molecular complexity index is 1270. The number of rotatable bonds is 4. The Kier molecular flexibility index (Phi) is 5.35. The largest absolute Gasteiger partial charge is 0.377 e. The van der Waals surface area contributed by atoms with Crippen LogP contribution < -0.4 is 4.90 Å². The van der Waals surface area contributed by atoms with E-state index in [1.165, 1.54) is 11.5 Å². The predicted molar refractivity (Wildman–Crippen MR) is 127 cm³/mol. The molecule has 1 unspecified atom stereocenters. The standard InChI is InChI=1S/C23H27N7O2S/c1-15-14-31-12-10-29(15)19-13-16(17-6-8-24-28(17)2)23-22(26-19)21(27-33-23)18-7-9-25-30(18)20-5-3-4-11-32-20/h6-9,13,15,20H,3-5,10-12,14H2,1-2H3/t15-,20?/m1/s1. The minimum absolute atomic E-state index is 0.0560. The van der Waals surface area contributed by atoms with Crippen LogP contribution >= 0.6 is 11.5 Å². The van der Waals surface area contributed by atoms with Gasteiger partial charge in [0.05, 0.1) is 35.3 Å². The van der Waals surface area contributed by atoms with Crippen molar-refractivity contribution in [3.05, 3.63) is 30.6 Å². The van der Waals surface area contributed by atoms with Crippen LogP contribution in [0.15, 0.2) is 30.6 Å². The molecule has 2 aliphatic heterocycles. The SMILES string of the molecule is C[C@@H]1COCCN1c1cc(-c2ccnn2C)c2snc(-c3ccnn3C3CCCCO3)c2n1. The molecule has 6 rings (SSSR count). The minimum Gasteiger partial charge on any atom is -0.377 e. The van der Waals surface area contributed by atoms with Gasteiger partial charge in [-0.2, -0.15) is 14.6 Å². The maximum Gasteiger partial charge on any atom is 0.150 e. The van der Waals surface area contributed by atoms with Crippen molar-refractivity contribution in [2.75, 3.05) is 31.3 Å². The Balaban J connectivity index is 1.53. The van der Waals surface area contributed by atoms with Gasteiger partial charge in [0.1, 0.15) is 17.0 Å². The number of aryl methyl sites for hydroxylation is 1. The molecule has 0 radical (unpaired) electrons. The van der Waals surface area contributed by atoms with Crippen molar-refractivity contribution in [3.63, 3.8) is 0 Å². The van der Waals surface area contributed by atoms with Gasteiger partial charge < -0.3 is 14.4 Å². The van der Waals surface area contributed by atoms with Gasteiger partial charge in [-0.3, -0.25) is 4.68 Å². The molecule has 2 atom stereocenters. The summed E-state index contributed by atoms with van der Waals surface area (Å²) in [6.07, 6.45) is 6.80. The molecule has 4 aromatic rings. The van der Waals surface area contributed by atoms with E-state index in [2.05, 4.69) is 28.1 Å². The molecular weight excluding hydrogens is 438 g/mol. The van der Waals surface area contributed by atoms with Gasteiger partial charge in [-0.1, -0.05) is 0 Å². The molecule has 0 saturated carbocycles. The Morgan fingerprint density at radius 2 is 1.97 bits per heavy atom. The zero-order valence-electron chi connectivity index (χ0n) is 18.8. The number of aromatic nitrogens is 6. The van der Waals surface area contributed by atoms with Crippen LogP contribution in [0.4, 0.5) is 5.82 Å². The van der Waals surface area contributed by atoms with E-state index in [0.29, 0.717) is 13.2 Å². The lowest BCUT2D eigenvalue weighted by Gasteiger charge is -2.34. The van der Waals surface area contributed by atoms with Gasteiger partial charge in [0.15, 0.2) is 6.23 Å². The van der Waals surface area contributed by atoms with Gasteiger partial charge in [0.25, 0.3) is 0 Å². The summed E-state index contributed by atoms with van der Waals surface area (Å²) in [6, 6.07) is 6.48. The van der Waals surface area contributed by atoms with Gasteiger partial charge in [0.2, 0.25) is 0 Å². The van der Waals surface area contributed by atoms with Gasteiger partial charge in [-0.05, 0) is 55.9 Å². The fraction of sp³-hybridized carbons (Fsp3) is 0.478. The van der Waals surface area contributed by atoms with E-state index in [4.69, 9.17) is 18.8 Å². The smallest absolute Gasteiger partial charge is 0.150 e. The van der Waals surface area contributed by atoms with Crippen LogP contribution in [0.2, 0.25) is 0 Å². The van der Waals surface area contributed by atoms with Crippen LogP contribution in [-0.4, -0.2) is 61.3 Å². The first-order chi connectivity index (χ1) is 16.2. The third-order valence-electron chi connectivity index (χ3n) is 6.51. The van der Waals surface area contributed by atoms with E-state index >= 15 is 0 Å². The topological polar surface area (TPSA) is 83.1 Å². The number of ether oxygens (including phenoxy) is 2. The summed E-state index contributed by atoms with van der Waals surface area (Å²) < 4.78 is 21.5. The first-order valence-electron chi connectivity index (χ1n) is 11.5. The number of morpholine rings is 1. The summed E-state index contributed by atoms with van der Waals surface area (Å²) >= 11 is 1.48. The van der Waals surface area contributed by atoms with Crippen LogP contribution in [0.5, 0.6) is 0 Å². The van der Waals surface area contributed by atoms with E-state index in [0.717, 1.165) is 71.1 Å². The summed E-state index contributed by atoms with van der Waals surface area (Å²) in [6.45, 7) is 5.15. The van der Waals surface area contributed by atoms with Crippen LogP contribution in [0.25, 0.3) is 32.9 Å². The van der Waals surface area contributed by atoms with Crippen molar-refractivity contribution in [1.29, 1.82) is 0 Å². The molecule has 0 spiro atoms. The Morgan fingerprint density at radius 3 is 2.76 bits per heavy atom. The maximum atomic E-state index is 6.03. The predicted octanol–water partition coefficient (Wildman–Crippen LogP) is 3.88. The normalized spacial score (nSPS) is 21.7.